The van der Waals surface area contributed by atoms with Gasteiger partial charge >= 0.3 is 0 Å². The molecule has 0 fully saturated rings. The van der Waals surface area contributed by atoms with Crippen LogP contribution in [0.15, 0.2) is 54.6 Å². The van der Waals surface area contributed by atoms with E-state index in [-0.39, 0.29) is 11.9 Å². The lowest BCUT2D eigenvalue weighted by atomic mass is 9.93. The van der Waals surface area contributed by atoms with E-state index in [4.69, 9.17) is 4.74 Å². The summed E-state index contributed by atoms with van der Waals surface area (Å²) >= 11 is 0. The molecule has 0 aliphatic carbocycles. The monoisotopic (exact) mass is 266 g/mol. The summed E-state index contributed by atoms with van der Waals surface area (Å²) in [7, 11) is 0. The summed E-state index contributed by atoms with van der Waals surface area (Å²) in [6.07, 6.45) is 2.32. The molecule has 1 unspecified atom stereocenters. The Morgan fingerprint density at radius 3 is 2.65 bits per heavy atom. The van der Waals surface area contributed by atoms with Gasteiger partial charge in [0.2, 0.25) is 0 Å². The van der Waals surface area contributed by atoms with E-state index in [0.29, 0.717) is 6.42 Å². The molecule has 0 saturated heterocycles. The highest BCUT2D eigenvalue weighted by atomic mass is 16.5. The molecule has 102 valence electrons. The summed E-state index contributed by atoms with van der Waals surface area (Å²) in [6.45, 7) is 0.751. The molecular weight excluding hydrogens is 248 g/mol. The van der Waals surface area contributed by atoms with E-state index in [2.05, 4.69) is 18.2 Å². The summed E-state index contributed by atoms with van der Waals surface area (Å²) in [5, 5.41) is 0. The zero-order chi connectivity index (χ0) is 13.8. The summed E-state index contributed by atoms with van der Waals surface area (Å²) in [4.78, 5) is 12.1. The average Bonchev–Trinajstić information content (AvgIpc) is 2.53. The van der Waals surface area contributed by atoms with Crippen LogP contribution >= 0.6 is 0 Å². The van der Waals surface area contributed by atoms with Crippen molar-refractivity contribution in [2.24, 2.45) is 0 Å². The molecule has 2 aromatic carbocycles. The number of hydrogen-bond acceptors (Lipinski definition) is 2. The lowest BCUT2D eigenvalue weighted by Crippen LogP contribution is -2.17. The maximum atomic E-state index is 12.1. The van der Waals surface area contributed by atoms with Gasteiger partial charge in [0, 0.05) is 12.0 Å². The first kappa shape index (κ1) is 13.1. The Balaban J connectivity index is 1.67. The Hall–Kier alpha value is -1.93. The van der Waals surface area contributed by atoms with Gasteiger partial charge in [-0.15, -0.1) is 0 Å². The minimum absolute atomic E-state index is 0.0626. The number of carbonyl (C=O) groups excluding carboxylic acids is 1. The van der Waals surface area contributed by atoms with E-state index in [0.717, 1.165) is 25.0 Å². The fourth-order valence-electron chi connectivity index (χ4n) is 2.75. The van der Waals surface area contributed by atoms with Gasteiger partial charge in [-0.2, -0.15) is 0 Å². The van der Waals surface area contributed by atoms with Crippen molar-refractivity contribution in [3.63, 3.8) is 0 Å². The Labute approximate surface area is 119 Å². The third-order valence-corrected chi connectivity index (χ3v) is 3.82. The molecule has 0 aromatic heterocycles. The van der Waals surface area contributed by atoms with E-state index in [1.165, 1.54) is 11.1 Å². The lowest BCUT2D eigenvalue weighted by Gasteiger charge is -2.25. The largest absolute Gasteiger partial charge is 0.373 e. The first-order valence-electron chi connectivity index (χ1n) is 7.12. The van der Waals surface area contributed by atoms with Crippen LogP contribution in [0.4, 0.5) is 0 Å². The predicted molar refractivity (Wildman–Crippen MR) is 78.8 cm³/mol. The summed E-state index contributed by atoms with van der Waals surface area (Å²) in [6, 6.07) is 17.9. The number of carbonyl (C=O) groups is 1. The molecule has 3 rings (SSSR count). The SMILES string of the molecule is O=C(CCC1OCCc2ccccc21)c1ccccc1. The fourth-order valence-corrected chi connectivity index (χ4v) is 2.75. The zero-order valence-electron chi connectivity index (χ0n) is 11.4. The van der Waals surface area contributed by atoms with Gasteiger partial charge in [-0.3, -0.25) is 4.79 Å². The molecule has 1 aliphatic rings. The highest BCUT2D eigenvalue weighted by Crippen LogP contribution is 2.30. The van der Waals surface area contributed by atoms with Crippen LogP contribution in [0.3, 0.4) is 0 Å². The molecule has 20 heavy (non-hydrogen) atoms. The van der Waals surface area contributed by atoms with E-state index in [1.807, 2.05) is 36.4 Å². The average molecular weight is 266 g/mol. The first-order chi connectivity index (χ1) is 9.84. The quantitative estimate of drug-likeness (QED) is 0.783. The van der Waals surface area contributed by atoms with Crippen molar-refractivity contribution in [3.05, 3.63) is 71.3 Å². The molecule has 1 heterocycles. The van der Waals surface area contributed by atoms with Crippen LogP contribution in [0.5, 0.6) is 0 Å². The number of Topliss-reactive ketones (excluding diaryl/α,β-unsaturated/α-hetero) is 1. The normalized spacial score (nSPS) is 17.5. The maximum Gasteiger partial charge on any atom is 0.162 e. The van der Waals surface area contributed by atoms with Crippen LogP contribution < -0.4 is 0 Å². The number of ether oxygens (including phenoxy) is 1. The maximum absolute atomic E-state index is 12.1. The molecule has 1 atom stereocenters. The number of fused-ring (bicyclic) bond motifs is 1. The number of ketones is 1. The Morgan fingerprint density at radius 2 is 1.80 bits per heavy atom. The van der Waals surface area contributed by atoms with Gasteiger partial charge in [0.25, 0.3) is 0 Å². The van der Waals surface area contributed by atoms with E-state index < -0.39 is 0 Å². The molecular formula is C18H18O2. The molecule has 0 saturated carbocycles. The molecule has 0 N–H and O–H groups in total. The third kappa shape index (κ3) is 2.81. The second-order valence-electron chi connectivity index (χ2n) is 5.14. The van der Waals surface area contributed by atoms with Crippen LogP contribution in [0.25, 0.3) is 0 Å². The fraction of sp³-hybridized carbons (Fsp3) is 0.278. The summed E-state index contributed by atoms with van der Waals surface area (Å²) in [5.41, 5.74) is 3.40. The van der Waals surface area contributed by atoms with Crippen LogP contribution in [0.2, 0.25) is 0 Å². The Kier molecular flexibility index (Phi) is 3.93. The summed E-state index contributed by atoms with van der Waals surface area (Å²) < 4.78 is 5.84. The highest BCUT2D eigenvalue weighted by molar-refractivity contribution is 5.95. The van der Waals surface area contributed by atoms with Gasteiger partial charge in [-0.1, -0.05) is 54.6 Å². The van der Waals surface area contributed by atoms with Crippen molar-refractivity contribution < 1.29 is 9.53 Å². The molecule has 0 amide bonds. The van der Waals surface area contributed by atoms with Gasteiger partial charge in [-0.25, -0.2) is 0 Å². The summed E-state index contributed by atoms with van der Waals surface area (Å²) in [5.74, 6) is 0.192. The third-order valence-electron chi connectivity index (χ3n) is 3.82. The zero-order valence-corrected chi connectivity index (χ0v) is 11.4. The number of benzene rings is 2. The second kappa shape index (κ2) is 6.02. The minimum atomic E-state index is 0.0626. The van der Waals surface area contributed by atoms with Crippen molar-refractivity contribution in [1.82, 2.24) is 0 Å². The van der Waals surface area contributed by atoms with E-state index >= 15 is 0 Å². The lowest BCUT2D eigenvalue weighted by molar-refractivity contribution is 0.0347. The molecule has 1 aliphatic heterocycles. The van der Waals surface area contributed by atoms with Crippen LogP contribution in [0, 0.1) is 0 Å². The molecule has 0 bridgehead atoms. The molecule has 2 nitrogen and oxygen atoms in total. The second-order valence-corrected chi connectivity index (χ2v) is 5.14. The van der Waals surface area contributed by atoms with Gasteiger partial charge in [0.1, 0.15) is 0 Å². The molecule has 2 heteroatoms. The van der Waals surface area contributed by atoms with Crippen LogP contribution in [-0.4, -0.2) is 12.4 Å². The topological polar surface area (TPSA) is 26.3 Å². The smallest absolute Gasteiger partial charge is 0.162 e. The molecule has 0 spiro atoms. The van der Waals surface area contributed by atoms with Crippen molar-refractivity contribution >= 4 is 5.78 Å². The van der Waals surface area contributed by atoms with Gasteiger partial charge in [-0.05, 0) is 24.0 Å². The number of hydrogen-bond donors (Lipinski definition) is 0. The first-order valence-corrected chi connectivity index (χ1v) is 7.12. The Morgan fingerprint density at radius 1 is 1.05 bits per heavy atom. The van der Waals surface area contributed by atoms with Crippen LogP contribution in [0.1, 0.15) is 40.4 Å². The number of rotatable bonds is 4. The standard InChI is InChI=1S/C18H18O2/c19-17(15-7-2-1-3-8-15)10-11-18-16-9-5-4-6-14(16)12-13-20-18/h1-9,18H,10-13H2. The highest BCUT2D eigenvalue weighted by Gasteiger charge is 2.21. The molecule has 0 radical (unpaired) electrons. The minimum Gasteiger partial charge on any atom is -0.373 e. The van der Waals surface area contributed by atoms with Gasteiger partial charge in [0.15, 0.2) is 5.78 Å². The van der Waals surface area contributed by atoms with Crippen LogP contribution in [-0.2, 0) is 11.2 Å². The van der Waals surface area contributed by atoms with E-state index in [9.17, 15) is 4.79 Å². The predicted octanol–water partition coefficient (Wildman–Crippen LogP) is 3.96. The Bertz CT molecular complexity index is 589. The van der Waals surface area contributed by atoms with Crippen molar-refractivity contribution in [2.45, 2.75) is 25.4 Å². The van der Waals surface area contributed by atoms with Gasteiger partial charge < -0.3 is 4.74 Å². The molecule has 2 aromatic rings. The van der Waals surface area contributed by atoms with E-state index in [1.54, 1.807) is 0 Å². The van der Waals surface area contributed by atoms with Crippen molar-refractivity contribution in [2.75, 3.05) is 6.61 Å². The van der Waals surface area contributed by atoms with Crippen molar-refractivity contribution in [3.8, 4) is 0 Å². The van der Waals surface area contributed by atoms with Crippen molar-refractivity contribution in [1.29, 1.82) is 0 Å². The van der Waals surface area contributed by atoms with Gasteiger partial charge in [0.05, 0.1) is 12.7 Å².